The Kier molecular flexibility index (Phi) is 5.22. The monoisotopic (exact) mass is 421 g/mol. The third-order valence-corrected chi connectivity index (χ3v) is 5.06. The van der Waals surface area contributed by atoms with Gasteiger partial charge < -0.3 is 0 Å². The molecule has 5 rings (SSSR count). The van der Waals surface area contributed by atoms with Crippen molar-refractivity contribution >= 4 is 0 Å². The number of hydrogen-bond donors (Lipinski definition) is 0. The maximum Gasteiger partial charge on any atom is 0.164 e. The highest BCUT2D eigenvalue weighted by Crippen LogP contribution is 2.33. The zero-order valence-electron chi connectivity index (χ0n) is 16.9. The van der Waals surface area contributed by atoms with Gasteiger partial charge in [-0.3, -0.25) is 0 Å². The maximum atomic E-state index is 14.3. The van der Waals surface area contributed by atoms with Crippen molar-refractivity contribution in [1.29, 1.82) is 0 Å². The molecule has 3 nitrogen and oxygen atoms in total. The van der Waals surface area contributed by atoms with Gasteiger partial charge in [-0.1, -0.05) is 78.9 Å². The van der Waals surface area contributed by atoms with E-state index in [9.17, 15) is 8.78 Å². The van der Waals surface area contributed by atoms with Gasteiger partial charge in [-0.15, -0.1) is 0 Å². The molecule has 0 amide bonds. The van der Waals surface area contributed by atoms with Crippen molar-refractivity contribution in [3.63, 3.8) is 0 Å². The van der Waals surface area contributed by atoms with E-state index in [1.165, 1.54) is 24.3 Å². The Balaban J connectivity index is 1.76. The van der Waals surface area contributed by atoms with Crippen molar-refractivity contribution in [2.45, 2.75) is 0 Å². The van der Waals surface area contributed by atoms with Gasteiger partial charge in [0, 0.05) is 16.7 Å². The Morgan fingerprint density at radius 2 is 0.938 bits per heavy atom. The summed E-state index contributed by atoms with van der Waals surface area (Å²) in [5.41, 5.74) is 3.35. The maximum absolute atomic E-state index is 14.3. The van der Waals surface area contributed by atoms with Gasteiger partial charge in [0.2, 0.25) is 0 Å². The largest absolute Gasteiger partial charge is 0.208 e. The average molecular weight is 421 g/mol. The second kappa shape index (κ2) is 8.47. The fourth-order valence-electron chi connectivity index (χ4n) is 3.54. The zero-order valence-corrected chi connectivity index (χ0v) is 16.9. The van der Waals surface area contributed by atoms with Crippen molar-refractivity contribution in [3.8, 4) is 45.3 Å². The van der Waals surface area contributed by atoms with Crippen molar-refractivity contribution in [2.75, 3.05) is 0 Å². The van der Waals surface area contributed by atoms with Crippen LogP contribution in [0.4, 0.5) is 8.78 Å². The predicted octanol–water partition coefficient (Wildman–Crippen LogP) is 6.82. The molecule has 154 valence electrons. The highest BCUT2D eigenvalue weighted by Gasteiger charge is 2.16. The summed E-state index contributed by atoms with van der Waals surface area (Å²) >= 11 is 0. The third-order valence-electron chi connectivity index (χ3n) is 5.06. The molecule has 1 heterocycles. The van der Waals surface area contributed by atoms with E-state index in [0.717, 1.165) is 11.1 Å². The van der Waals surface area contributed by atoms with Crippen LogP contribution in [0.5, 0.6) is 0 Å². The molecule has 4 aromatic carbocycles. The Labute approximate surface area is 184 Å². The highest BCUT2D eigenvalue weighted by atomic mass is 19.1. The second-order valence-corrected chi connectivity index (χ2v) is 7.24. The first kappa shape index (κ1) is 19.7. The van der Waals surface area contributed by atoms with E-state index < -0.39 is 5.82 Å². The van der Waals surface area contributed by atoms with E-state index in [0.29, 0.717) is 34.2 Å². The first-order valence-electron chi connectivity index (χ1n) is 10.1. The van der Waals surface area contributed by atoms with Crippen LogP contribution in [0, 0.1) is 11.6 Å². The van der Waals surface area contributed by atoms with E-state index in [1.807, 2.05) is 60.7 Å². The van der Waals surface area contributed by atoms with Crippen LogP contribution >= 0.6 is 0 Å². The van der Waals surface area contributed by atoms with Crippen LogP contribution in [0.3, 0.4) is 0 Å². The molecule has 5 heteroatoms. The first-order valence-corrected chi connectivity index (χ1v) is 10.1. The van der Waals surface area contributed by atoms with Gasteiger partial charge in [-0.2, -0.15) is 0 Å². The van der Waals surface area contributed by atoms with Crippen LogP contribution in [-0.2, 0) is 0 Å². The summed E-state index contributed by atoms with van der Waals surface area (Å²) in [6.45, 7) is 0. The smallest absolute Gasteiger partial charge is 0.164 e. The molecule has 1 aromatic heterocycles. The van der Waals surface area contributed by atoms with Gasteiger partial charge in [0.15, 0.2) is 17.5 Å². The summed E-state index contributed by atoms with van der Waals surface area (Å²) in [4.78, 5) is 14.0. The lowest BCUT2D eigenvalue weighted by atomic mass is 9.98. The molecule has 0 fully saturated rings. The molecule has 0 spiro atoms. The number of halogens is 2. The molecule has 0 aliphatic heterocycles. The highest BCUT2D eigenvalue weighted by molar-refractivity contribution is 5.81. The van der Waals surface area contributed by atoms with Crippen molar-refractivity contribution in [2.24, 2.45) is 0 Å². The van der Waals surface area contributed by atoms with Crippen LogP contribution in [-0.4, -0.2) is 15.0 Å². The fraction of sp³-hybridized carbons (Fsp3) is 0. The average Bonchev–Trinajstić information content (AvgIpc) is 2.85. The number of hydrogen-bond acceptors (Lipinski definition) is 3. The Morgan fingerprint density at radius 3 is 1.53 bits per heavy atom. The molecule has 0 radical (unpaired) electrons. The van der Waals surface area contributed by atoms with Gasteiger partial charge in [-0.25, -0.2) is 23.7 Å². The standard InChI is InChI=1S/C27H17F2N3/c28-21-13-7-12-20(16-21)23-15-14-22(29)17-24(23)27-31-25(18-8-3-1-4-9-18)30-26(32-27)19-10-5-2-6-11-19/h1-17H. The molecule has 5 aromatic rings. The molecule has 0 N–H and O–H groups in total. The van der Waals surface area contributed by atoms with E-state index in [1.54, 1.807) is 18.2 Å². The second-order valence-electron chi connectivity index (χ2n) is 7.24. The minimum absolute atomic E-state index is 0.316. The molecule has 0 saturated carbocycles. The van der Waals surface area contributed by atoms with E-state index in [-0.39, 0.29) is 5.82 Å². The number of nitrogens with zero attached hydrogens (tertiary/aromatic N) is 3. The van der Waals surface area contributed by atoms with E-state index >= 15 is 0 Å². The molecule has 0 aliphatic carbocycles. The van der Waals surface area contributed by atoms with Gasteiger partial charge in [0.25, 0.3) is 0 Å². The summed E-state index contributed by atoms with van der Waals surface area (Å²) in [6.07, 6.45) is 0. The molecular weight excluding hydrogens is 404 g/mol. The lowest BCUT2D eigenvalue weighted by Gasteiger charge is -2.12. The summed E-state index contributed by atoms with van der Waals surface area (Å²) < 4.78 is 28.3. The molecule has 0 aliphatic rings. The van der Waals surface area contributed by atoms with Gasteiger partial charge in [-0.05, 0) is 35.4 Å². The van der Waals surface area contributed by atoms with Crippen LogP contribution in [0.2, 0.25) is 0 Å². The van der Waals surface area contributed by atoms with Crippen molar-refractivity contribution in [1.82, 2.24) is 15.0 Å². The Morgan fingerprint density at radius 1 is 0.406 bits per heavy atom. The number of rotatable bonds is 4. The quantitative estimate of drug-likeness (QED) is 0.320. The zero-order chi connectivity index (χ0) is 21.9. The fourth-order valence-corrected chi connectivity index (χ4v) is 3.54. The van der Waals surface area contributed by atoms with Gasteiger partial charge in [0.1, 0.15) is 11.6 Å². The topological polar surface area (TPSA) is 38.7 Å². The summed E-state index contributed by atoms with van der Waals surface area (Å²) in [7, 11) is 0. The van der Waals surface area contributed by atoms with Crippen molar-refractivity contribution < 1.29 is 8.78 Å². The van der Waals surface area contributed by atoms with E-state index in [4.69, 9.17) is 0 Å². The van der Waals surface area contributed by atoms with E-state index in [2.05, 4.69) is 15.0 Å². The third kappa shape index (κ3) is 4.01. The van der Waals surface area contributed by atoms with Gasteiger partial charge >= 0.3 is 0 Å². The number of aromatic nitrogens is 3. The van der Waals surface area contributed by atoms with Crippen LogP contribution in [0.15, 0.2) is 103 Å². The summed E-state index contributed by atoms with van der Waals surface area (Å²) in [5.74, 6) is 0.468. The van der Waals surface area contributed by atoms with Gasteiger partial charge in [0.05, 0.1) is 0 Å². The molecule has 0 saturated heterocycles. The van der Waals surface area contributed by atoms with Crippen molar-refractivity contribution in [3.05, 3.63) is 115 Å². The van der Waals surface area contributed by atoms with Crippen LogP contribution in [0.1, 0.15) is 0 Å². The lowest BCUT2D eigenvalue weighted by molar-refractivity contribution is 0.627. The Hall–Kier alpha value is -4.25. The first-order chi connectivity index (χ1) is 15.7. The normalized spacial score (nSPS) is 10.8. The summed E-state index contributed by atoms with van der Waals surface area (Å²) in [6, 6.07) is 29.6. The summed E-state index contributed by atoms with van der Waals surface area (Å²) in [5, 5.41) is 0. The molecule has 0 bridgehead atoms. The SMILES string of the molecule is Fc1cccc(-c2ccc(F)cc2-c2nc(-c3ccccc3)nc(-c3ccccc3)n2)c1. The molecule has 0 unspecified atom stereocenters. The van der Waals surface area contributed by atoms with Crippen LogP contribution in [0.25, 0.3) is 45.3 Å². The minimum Gasteiger partial charge on any atom is -0.208 e. The number of benzene rings is 4. The lowest BCUT2D eigenvalue weighted by Crippen LogP contribution is -2.01. The predicted molar refractivity (Wildman–Crippen MR) is 121 cm³/mol. The Bertz CT molecular complexity index is 1330. The van der Waals surface area contributed by atoms with Crippen LogP contribution < -0.4 is 0 Å². The minimum atomic E-state index is -0.428. The molecule has 0 atom stereocenters. The molecule has 32 heavy (non-hydrogen) atoms. The molecular formula is C27H17F2N3.